The molecule has 0 saturated carbocycles. The van der Waals surface area contributed by atoms with Crippen molar-refractivity contribution in [2.45, 2.75) is 66.2 Å². The molecular formula is C35H46N2O5. The van der Waals surface area contributed by atoms with Gasteiger partial charge in [0.2, 0.25) is 0 Å². The first-order chi connectivity index (χ1) is 19.9. The summed E-state index contributed by atoms with van der Waals surface area (Å²) in [5.74, 6) is 0.385. The van der Waals surface area contributed by atoms with Crippen molar-refractivity contribution in [1.29, 1.82) is 0 Å². The molecule has 1 amide bonds. The number of fused-ring (bicyclic) bond motifs is 1. The smallest absolute Gasteiger partial charge is 0.410 e. The van der Waals surface area contributed by atoms with Gasteiger partial charge in [-0.05, 0) is 83.2 Å². The number of hydrogen-bond donors (Lipinski definition) is 0. The summed E-state index contributed by atoms with van der Waals surface area (Å²) in [6, 6.07) is 22.0. The molecule has 0 bridgehead atoms. The van der Waals surface area contributed by atoms with Gasteiger partial charge >= 0.3 is 12.1 Å². The third-order valence-corrected chi connectivity index (χ3v) is 6.87. The second-order valence-electron chi connectivity index (χ2n) is 12.0. The minimum atomic E-state index is -0.627. The number of methoxy groups -OCH3 is 1. The topological polar surface area (TPSA) is 68.3 Å². The van der Waals surface area contributed by atoms with Crippen LogP contribution in [0, 0.1) is 0 Å². The van der Waals surface area contributed by atoms with Crippen LogP contribution in [0.2, 0.25) is 0 Å². The van der Waals surface area contributed by atoms with E-state index in [1.165, 1.54) is 7.11 Å². The second-order valence-corrected chi connectivity index (χ2v) is 12.0. The summed E-state index contributed by atoms with van der Waals surface area (Å²) >= 11 is 0. The van der Waals surface area contributed by atoms with Crippen LogP contribution in [0.3, 0.4) is 0 Å². The van der Waals surface area contributed by atoms with Crippen molar-refractivity contribution >= 4 is 28.9 Å². The fourth-order valence-electron chi connectivity index (χ4n) is 4.85. The first-order valence-electron chi connectivity index (χ1n) is 14.6. The number of rotatable bonds is 12. The molecule has 0 fully saturated rings. The Balaban J connectivity index is 1.94. The van der Waals surface area contributed by atoms with E-state index >= 15 is 0 Å². The zero-order valence-corrected chi connectivity index (χ0v) is 26.3. The molecule has 0 atom stereocenters. The Morgan fingerprint density at radius 1 is 0.857 bits per heavy atom. The van der Waals surface area contributed by atoms with E-state index in [1.807, 2.05) is 69.3 Å². The summed E-state index contributed by atoms with van der Waals surface area (Å²) in [5.41, 5.74) is 1.62. The highest BCUT2D eigenvalue weighted by Gasteiger charge is 2.25. The van der Waals surface area contributed by atoms with E-state index in [1.54, 1.807) is 17.0 Å². The molecule has 3 aromatic rings. The number of amides is 1. The van der Waals surface area contributed by atoms with Crippen LogP contribution in [0.25, 0.3) is 16.8 Å². The molecule has 3 aromatic carbocycles. The first-order valence-corrected chi connectivity index (χ1v) is 14.6. The van der Waals surface area contributed by atoms with Crippen LogP contribution >= 0.6 is 0 Å². The SMILES string of the molecule is COC(=O)c1ccc(C=C(COc2cccc3ccccc23)CN(CCN(C(C)C)C(C)C)C(=O)OC(C)(C)C)cc1. The number of benzene rings is 3. The van der Waals surface area contributed by atoms with Gasteiger partial charge in [0.15, 0.2) is 0 Å². The number of hydrogen-bond acceptors (Lipinski definition) is 6. The average Bonchev–Trinajstić information content (AvgIpc) is 2.93. The average molecular weight is 575 g/mol. The lowest BCUT2D eigenvalue weighted by atomic mass is 10.1. The molecule has 0 spiro atoms. The molecule has 226 valence electrons. The molecular weight excluding hydrogens is 528 g/mol. The maximum Gasteiger partial charge on any atom is 0.410 e. The zero-order valence-electron chi connectivity index (χ0n) is 26.3. The summed E-state index contributed by atoms with van der Waals surface area (Å²) in [6.45, 7) is 16.1. The molecule has 3 rings (SSSR count). The number of carbonyl (C=O) groups is 2. The quantitative estimate of drug-likeness (QED) is 0.209. The van der Waals surface area contributed by atoms with Crippen molar-refractivity contribution in [3.8, 4) is 5.75 Å². The molecule has 0 N–H and O–H groups in total. The van der Waals surface area contributed by atoms with E-state index in [4.69, 9.17) is 14.2 Å². The van der Waals surface area contributed by atoms with Crippen LogP contribution in [-0.2, 0) is 9.47 Å². The molecule has 0 heterocycles. The molecule has 0 aromatic heterocycles. The fourth-order valence-corrected chi connectivity index (χ4v) is 4.85. The van der Waals surface area contributed by atoms with Gasteiger partial charge in [0.25, 0.3) is 0 Å². The van der Waals surface area contributed by atoms with Crippen LogP contribution in [0.4, 0.5) is 4.79 Å². The number of carbonyl (C=O) groups excluding carboxylic acids is 2. The predicted molar refractivity (Wildman–Crippen MR) is 170 cm³/mol. The lowest BCUT2D eigenvalue weighted by molar-refractivity contribution is 0.0230. The van der Waals surface area contributed by atoms with Gasteiger partial charge in [-0.1, -0.05) is 54.6 Å². The second kappa shape index (κ2) is 14.9. The van der Waals surface area contributed by atoms with Gasteiger partial charge in [-0.25, -0.2) is 9.59 Å². The molecule has 42 heavy (non-hydrogen) atoms. The van der Waals surface area contributed by atoms with E-state index in [0.717, 1.165) is 27.7 Å². The van der Waals surface area contributed by atoms with Crippen LogP contribution in [-0.4, -0.2) is 72.9 Å². The van der Waals surface area contributed by atoms with Gasteiger partial charge in [0, 0.05) is 37.1 Å². The third kappa shape index (κ3) is 9.62. The zero-order chi connectivity index (χ0) is 30.9. The Bertz CT molecular complexity index is 1340. The van der Waals surface area contributed by atoms with Crippen LogP contribution in [0.1, 0.15) is 64.4 Å². The molecule has 7 heteroatoms. The maximum absolute atomic E-state index is 13.5. The van der Waals surface area contributed by atoms with Crippen molar-refractivity contribution in [2.75, 3.05) is 33.4 Å². The van der Waals surface area contributed by atoms with Crippen molar-refractivity contribution in [3.63, 3.8) is 0 Å². The Morgan fingerprint density at radius 2 is 1.50 bits per heavy atom. The predicted octanol–water partition coefficient (Wildman–Crippen LogP) is 7.44. The number of esters is 1. The summed E-state index contributed by atoms with van der Waals surface area (Å²) in [4.78, 5) is 29.5. The Hall–Kier alpha value is -3.84. The molecule has 7 nitrogen and oxygen atoms in total. The highest BCUT2D eigenvalue weighted by atomic mass is 16.6. The van der Waals surface area contributed by atoms with Gasteiger partial charge in [-0.3, -0.25) is 4.90 Å². The maximum atomic E-state index is 13.5. The van der Waals surface area contributed by atoms with E-state index in [-0.39, 0.29) is 18.7 Å². The van der Waals surface area contributed by atoms with Gasteiger partial charge in [0.05, 0.1) is 12.7 Å². The largest absolute Gasteiger partial charge is 0.489 e. The van der Waals surface area contributed by atoms with Crippen LogP contribution in [0.5, 0.6) is 5.75 Å². The molecule has 0 aliphatic heterocycles. The molecule has 0 aliphatic carbocycles. The van der Waals surface area contributed by atoms with Gasteiger partial charge in [-0.15, -0.1) is 0 Å². The van der Waals surface area contributed by atoms with Crippen molar-refractivity contribution in [1.82, 2.24) is 9.80 Å². The Kier molecular flexibility index (Phi) is 11.6. The van der Waals surface area contributed by atoms with Crippen molar-refractivity contribution in [2.24, 2.45) is 0 Å². The molecule has 0 aliphatic rings. The van der Waals surface area contributed by atoms with Crippen LogP contribution in [0.15, 0.2) is 72.3 Å². The first kappa shape index (κ1) is 32.7. The lowest BCUT2D eigenvalue weighted by Gasteiger charge is -2.34. The highest BCUT2D eigenvalue weighted by Crippen LogP contribution is 2.26. The van der Waals surface area contributed by atoms with Crippen molar-refractivity contribution in [3.05, 3.63) is 83.4 Å². The monoisotopic (exact) mass is 574 g/mol. The summed E-state index contributed by atoms with van der Waals surface area (Å²) in [7, 11) is 1.36. The van der Waals surface area contributed by atoms with Gasteiger partial charge in [0.1, 0.15) is 18.0 Å². The normalized spacial score (nSPS) is 12.2. The summed E-state index contributed by atoms with van der Waals surface area (Å²) in [6.07, 6.45) is 1.64. The van der Waals surface area contributed by atoms with Crippen molar-refractivity contribution < 1.29 is 23.8 Å². The number of ether oxygens (including phenoxy) is 3. The minimum Gasteiger partial charge on any atom is -0.489 e. The van der Waals surface area contributed by atoms with Crippen LogP contribution < -0.4 is 4.74 Å². The Morgan fingerprint density at radius 3 is 2.12 bits per heavy atom. The molecule has 0 saturated heterocycles. The highest BCUT2D eigenvalue weighted by molar-refractivity contribution is 5.89. The van der Waals surface area contributed by atoms with Gasteiger partial charge < -0.3 is 19.1 Å². The van der Waals surface area contributed by atoms with E-state index in [9.17, 15) is 9.59 Å². The molecule has 0 unspecified atom stereocenters. The fraction of sp³-hybridized carbons (Fsp3) is 0.429. The number of nitrogens with zero attached hydrogens (tertiary/aromatic N) is 2. The minimum absolute atomic E-state index is 0.268. The van der Waals surface area contributed by atoms with E-state index < -0.39 is 5.60 Å². The summed E-state index contributed by atoms with van der Waals surface area (Å²) in [5, 5.41) is 2.12. The Labute approximate surface area is 251 Å². The lowest BCUT2D eigenvalue weighted by Crippen LogP contribution is -2.46. The van der Waals surface area contributed by atoms with E-state index in [2.05, 4.69) is 44.7 Å². The third-order valence-electron chi connectivity index (χ3n) is 6.87. The summed E-state index contributed by atoms with van der Waals surface area (Å²) < 4.78 is 17.1. The molecule has 0 radical (unpaired) electrons. The van der Waals surface area contributed by atoms with E-state index in [0.29, 0.717) is 37.3 Å². The standard InChI is InChI=1S/C35H46N2O5/c1-25(2)37(26(3)4)21-20-36(34(39)42-35(5,6)7)23-28(22-27-16-18-30(19-17-27)33(38)40-8)24-41-32-15-11-13-29-12-9-10-14-31(29)32/h9-19,22,25-26H,20-21,23-24H2,1-8H3. The van der Waals surface area contributed by atoms with Gasteiger partial charge in [-0.2, -0.15) is 0 Å².